The number of nitrogens with zero attached hydrogens (tertiary/aromatic N) is 1. The Labute approximate surface area is 106 Å². The fourth-order valence-corrected chi connectivity index (χ4v) is 2.86. The van der Waals surface area contributed by atoms with Gasteiger partial charge in [-0.2, -0.15) is 0 Å². The van der Waals surface area contributed by atoms with E-state index < -0.39 is 0 Å². The second-order valence-electron chi connectivity index (χ2n) is 4.93. The van der Waals surface area contributed by atoms with Gasteiger partial charge in [0.05, 0.1) is 13.2 Å². The van der Waals surface area contributed by atoms with E-state index in [1.54, 1.807) is 12.0 Å². The summed E-state index contributed by atoms with van der Waals surface area (Å²) in [4.78, 5) is 25.4. The zero-order valence-corrected chi connectivity index (χ0v) is 10.3. The number of ketones is 1. The highest BCUT2D eigenvalue weighted by Crippen LogP contribution is 2.37. The van der Waals surface area contributed by atoms with Crippen molar-refractivity contribution in [2.45, 2.75) is 25.4 Å². The fourth-order valence-electron chi connectivity index (χ4n) is 2.86. The van der Waals surface area contributed by atoms with Crippen molar-refractivity contribution in [2.24, 2.45) is 5.92 Å². The molecule has 1 aromatic rings. The molecule has 2 aliphatic rings. The summed E-state index contributed by atoms with van der Waals surface area (Å²) in [5.41, 5.74) is 1.03. The van der Waals surface area contributed by atoms with Gasteiger partial charge in [-0.15, -0.1) is 0 Å². The van der Waals surface area contributed by atoms with Gasteiger partial charge < -0.3 is 9.64 Å². The van der Waals surface area contributed by atoms with Gasteiger partial charge in [0.1, 0.15) is 5.75 Å². The zero-order valence-electron chi connectivity index (χ0n) is 10.3. The monoisotopic (exact) mass is 245 g/mol. The lowest BCUT2D eigenvalue weighted by Crippen LogP contribution is -2.41. The Balaban J connectivity index is 1.76. The maximum Gasteiger partial charge on any atom is 0.227 e. The summed E-state index contributed by atoms with van der Waals surface area (Å²) >= 11 is 0. The van der Waals surface area contributed by atoms with E-state index in [-0.39, 0.29) is 23.7 Å². The van der Waals surface area contributed by atoms with Crippen LogP contribution >= 0.6 is 0 Å². The molecular weight excluding hydrogens is 230 g/mol. The number of carbonyl (C=O) groups is 2. The Hall–Kier alpha value is -1.84. The number of piperidine rings is 1. The summed E-state index contributed by atoms with van der Waals surface area (Å²) < 4.78 is 5.09. The first kappa shape index (κ1) is 11.3. The van der Waals surface area contributed by atoms with E-state index in [4.69, 9.17) is 4.74 Å². The quantitative estimate of drug-likeness (QED) is 0.808. The molecule has 1 heterocycles. The van der Waals surface area contributed by atoms with Gasteiger partial charge in [-0.3, -0.25) is 9.59 Å². The zero-order chi connectivity index (χ0) is 12.7. The number of methoxy groups -OCH3 is 1. The molecule has 0 aromatic heterocycles. The summed E-state index contributed by atoms with van der Waals surface area (Å²) in [7, 11) is 1.62. The molecular formula is C14H15NO3. The Morgan fingerprint density at radius 1 is 1.28 bits per heavy atom. The van der Waals surface area contributed by atoms with Gasteiger partial charge in [-0.25, -0.2) is 0 Å². The number of Topliss-reactive ketones (excluding diaryl/α,β-unsaturated/α-hetero) is 1. The summed E-state index contributed by atoms with van der Waals surface area (Å²) in [5.74, 6) is 1.09. The largest absolute Gasteiger partial charge is 0.497 e. The van der Waals surface area contributed by atoms with Gasteiger partial charge >= 0.3 is 0 Å². The van der Waals surface area contributed by atoms with Crippen LogP contribution in [0.1, 0.15) is 18.4 Å². The van der Waals surface area contributed by atoms with Crippen LogP contribution < -0.4 is 4.74 Å². The molecule has 0 N–H and O–H groups in total. The van der Waals surface area contributed by atoms with Crippen molar-refractivity contribution in [3.05, 3.63) is 29.8 Å². The minimum absolute atomic E-state index is 0.0549. The van der Waals surface area contributed by atoms with Crippen LogP contribution in [-0.2, 0) is 16.1 Å². The molecule has 94 valence electrons. The molecule has 4 nitrogen and oxygen atoms in total. The minimum Gasteiger partial charge on any atom is -0.497 e. The minimum atomic E-state index is -0.176. The van der Waals surface area contributed by atoms with Crippen molar-refractivity contribution in [1.82, 2.24) is 4.90 Å². The van der Waals surface area contributed by atoms with Gasteiger partial charge in [-0.1, -0.05) is 12.1 Å². The molecule has 0 spiro atoms. The molecule has 1 amide bonds. The highest BCUT2D eigenvalue weighted by Gasteiger charge is 2.49. The van der Waals surface area contributed by atoms with E-state index in [0.717, 1.165) is 11.3 Å². The average Bonchev–Trinajstić information content (AvgIpc) is 2.89. The molecule has 18 heavy (non-hydrogen) atoms. The van der Waals surface area contributed by atoms with Crippen molar-refractivity contribution in [2.75, 3.05) is 7.11 Å². The number of hydrogen-bond donors (Lipinski definition) is 0. The normalized spacial score (nSPS) is 25.9. The summed E-state index contributed by atoms with van der Waals surface area (Å²) in [6.07, 6.45) is 1.16. The van der Waals surface area contributed by atoms with Crippen LogP contribution in [0.15, 0.2) is 24.3 Å². The SMILES string of the molecule is COc1ccc(CN2C(=O)[C@H]3CC(=O)[C@@H]2C3)cc1. The topological polar surface area (TPSA) is 46.6 Å². The summed E-state index contributed by atoms with van der Waals surface area (Å²) in [6.45, 7) is 0.524. The summed E-state index contributed by atoms with van der Waals surface area (Å²) in [5, 5.41) is 0. The second-order valence-corrected chi connectivity index (χ2v) is 4.93. The van der Waals surface area contributed by atoms with Crippen LogP contribution in [0.25, 0.3) is 0 Å². The number of ether oxygens (including phenoxy) is 1. The van der Waals surface area contributed by atoms with E-state index in [2.05, 4.69) is 0 Å². The number of likely N-dealkylation sites (tertiary alicyclic amines) is 1. The number of hydrogen-bond acceptors (Lipinski definition) is 3. The van der Waals surface area contributed by atoms with Gasteiger partial charge in [0.2, 0.25) is 5.91 Å². The van der Waals surface area contributed by atoms with Gasteiger partial charge in [-0.05, 0) is 24.1 Å². The van der Waals surface area contributed by atoms with Crippen LogP contribution in [0.4, 0.5) is 0 Å². The van der Waals surface area contributed by atoms with Crippen molar-refractivity contribution in [1.29, 1.82) is 0 Å². The number of rotatable bonds is 3. The second kappa shape index (κ2) is 4.12. The lowest BCUT2D eigenvalue weighted by atomic mass is 10.1. The first-order valence-electron chi connectivity index (χ1n) is 6.15. The molecule has 1 aliphatic carbocycles. The Morgan fingerprint density at radius 3 is 2.61 bits per heavy atom. The van der Waals surface area contributed by atoms with Crippen LogP contribution in [0.2, 0.25) is 0 Å². The number of benzene rings is 1. The van der Waals surface area contributed by atoms with Crippen molar-refractivity contribution >= 4 is 11.7 Å². The first-order chi connectivity index (χ1) is 8.69. The summed E-state index contributed by atoms with van der Waals surface area (Å²) in [6, 6.07) is 7.43. The highest BCUT2D eigenvalue weighted by atomic mass is 16.5. The maximum atomic E-state index is 12.0. The molecule has 1 aromatic carbocycles. The van der Waals surface area contributed by atoms with Gasteiger partial charge in [0, 0.05) is 18.9 Å². The first-order valence-corrected chi connectivity index (χ1v) is 6.15. The molecule has 0 unspecified atom stereocenters. The molecule has 2 atom stereocenters. The predicted molar refractivity (Wildman–Crippen MR) is 65.1 cm³/mol. The Morgan fingerprint density at radius 2 is 2.00 bits per heavy atom. The van der Waals surface area contributed by atoms with Crippen molar-refractivity contribution in [3.63, 3.8) is 0 Å². The van der Waals surface area contributed by atoms with Crippen LogP contribution in [0.5, 0.6) is 5.75 Å². The molecule has 2 bridgehead atoms. The lowest BCUT2D eigenvalue weighted by Gasteiger charge is -2.26. The fraction of sp³-hybridized carbons (Fsp3) is 0.429. The molecule has 0 radical (unpaired) electrons. The lowest BCUT2D eigenvalue weighted by molar-refractivity contribution is -0.141. The van der Waals surface area contributed by atoms with Gasteiger partial charge in [0.25, 0.3) is 0 Å². The van der Waals surface area contributed by atoms with Crippen molar-refractivity contribution < 1.29 is 14.3 Å². The van der Waals surface area contributed by atoms with E-state index in [1.807, 2.05) is 24.3 Å². The molecule has 1 saturated heterocycles. The van der Waals surface area contributed by atoms with E-state index in [0.29, 0.717) is 19.4 Å². The van der Waals surface area contributed by atoms with Crippen LogP contribution in [-0.4, -0.2) is 29.7 Å². The number of fused-ring (bicyclic) bond motifs is 2. The van der Waals surface area contributed by atoms with Crippen LogP contribution in [0.3, 0.4) is 0 Å². The van der Waals surface area contributed by atoms with E-state index in [1.165, 1.54) is 0 Å². The number of carbonyl (C=O) groups excluding carboxylic acids is 2. The molecule has 2 fully saturated rings. The van der Waals surface area contributed by atoms with Gasteiger partial charge in [0.15, 0.2) is 5.78 Å². The predicted octanol–water partition coefficient (Wildman–Crippen LogP) is 1.39. The van der Waals surface area contributed by atoms with Crippen LogP contribution in [0, 0.1) is 5.92 Å². The molecule has 1 aliphatic heterocycles. The molecule has 4 heteroatoms. The maximum absolute atomic E-state index is 12.0. The van der Waals surface area contributed by atoms with E-state index in [9.17, 15) is 9.59 Å². The number of amides is 1. The Bertz CT molecular complexity index is 494. The third-order valence-electron chi connectivity index (χ3n) is 3.85. The van der Waals surface area contributed by atoms with Crippen molar-refractivity contribution in [3.8, 4) is 5.75 Å². The smallest absolute Gasteiger partial charge is 0.227 e. The third-order valence-corrected chi connectivity index (χ3v) is 3.85. The third kappa shape index (κ3) is 1.68. The van der Waals surface area contributed by atoms with E-state index >= 15 is 0 Å². The average molecular weight is 245 g/mol. The Kier molecular flexibility index (Phi) is 2.58. The standard InChI is InChI=1S/C14H15NO3/c1-18-11-4-2-9(3-5-11)8-15-12-6-10(14(15)17)7-13(12)16/h2-5,10,12H,6-8H2,1H3/t10-,12+/m1/s1. The molecule has 3 rings (SSSR count). The highest BCUT2D eigenvalue weighted by molar-refractivity contribution is 6.00. The molecule has 1 saturated carbocycles.